The molecule has 1 heteroatoms. The number of hydrogen-bond acceptors (Lipinski definition) is 1. The van der Waals surface area contributed by atoms with Gasteiger partial charge >= 0.3 is 0 Å². The van der Waals surface area contributed by atoms with Crippen LogP contribution in [0.2, 0.25) is 0 Å². The van der Waals surface area contributed by atoms with E-state index in [2.05, 4.69) is 61.5 Å². The van der Waals surface area contributed by atoms with Gasteiger partial charge in [0, 0.05) is 6.04 Å². The van der Waals surface area contributed by atoms with Gasteiger partial charge in [0.25, 0.3) is 0 Å². The molecule has 0 radical (unpaired) electrons. The molecule has 116 valence electrons. The topological polar surface area (TPSA) is 26.0 Å². The predicted octanol–water partition coefficient (Wildman–Crippen LogP) is 6.16. The molecule has 0 saturated heterocycles. The molecule has 0 spiro atoms. The number of benzene rings is 4. The van der Waals surface area contributed by atoms with Gasteiger partial charge < -0.3 is 5.73 Å². The van der Waals surface area contributed by atoms with Crippen LogP contribution in [0.15, 0.2) is 54.6 Å². The van der Waals surface area contributed by atoms with Crippen molar-refractivity contribution in [2.45, 2.75) is 38.6 Å². The van der Waals surface area contributed by atoms with Crippen LogP contribution in [-0.4, -0.2) is 0 Å². The van der Waals surface area contributed by atoms with Gasteiger partial charge in [0.1, 0.15) is 0 Å². The van der Waals surface area contributed by atoms with Crippen molar-refractivity contribution in [3.8, 4) is 0 Å². The second kappa shape index (κ2) is 5.82. The molecule has 0 bridgehead atoms. The van der Waals surface area contributed by atoms with E-state index >= 15 is 0 Å². The molecule has 2 N–H and O–H groups in total. The molecule has 0 saturated carbocycles. The third kappa shape index (κ3) is 2.36. The number of hydrogen-bond donors (Lipinski definition) is 1. The van der Waals surface area contributed by atoms with Crippen molar-refractivity contribution in [3.63, 3.8) is 0 Å². The summed E-state index contributed by atoms with van der Waals surface area (Å²) < 4.78 is 0. The summed E-state index contributed by atoms with van der Waals surface area (Å²) in [5, 5.41) is 8.04. The molecule has 23 heavy (non-hydrogen) atoms. The van der Waals surface area contributed by atoms with Crippen LogP contribution in [0.5, 0.6) is 0 Å². The lowest BCUT2D eigenvalue weighted by Crippen LogP contribution is -2.10. The van der Waals surface area contributed by atoms with Crippen molar-refractivity contribution in [1.82, 2.24) is 0 Å². The van der Waals surface area contributed by atoms with E-state index in [0.29, 0.717) is 0 Å². The average Bonchev–Trinajstić information content (AvgIpc) is 2.59. The van der Waals surface area contributed by atoms with Crippen molar-refractivity contribution in [3.05, 3.63) is 60.2 Å². The summed E-state index contributed by atoms with van der Waals surface area (Å²) in [6.07, 6.45) is 4.78. The zero-order valence-corrected chi connectivity index (χ0v) is 13.7. The van der Waals surface area contributed by atoms with Crippen LogP contribution < -0.4 is 5.73 Å². The summed E-state index contributed by atoms with van der Waals surface area (Å²) in [6.45, 7) is 2.24. The highest BCUT2D eigenvalue weighted by molar-refractivity contribution is 6.23. The first kappa shape index (κ1) is 14.5. The van der Waals surface area contributed by atoms with E-state index in [4.69, 9.17) is 5.73 Å². The lowest BCUT2D eigenvalue weighted by atomic mass is 9.89. The largest absolute Gasteiger partial charge is 0.324 e. The molecule has 4 aromatic rings. The Morgan fingerprint density at radius 2 is 1.43 bits per heavy atom. The maximum atomic E-state index is 6.53. The van der Waals surface area contributed by atoms with Crippen LogP contribution in [-0.2, 0) is 0 Å². The van der Waals surface area contributed by atoms with E-state index < -0.39 is 0 Å². The lowest BCUT2D eigenvalue weighted by Gasteiger charge is -2.18. The predicted molar refractivity (Wildman–Crippen MR) is 101 cm³/mol. The normalized spacial score (nSPS) is 13.3. The van der Waals surface area contributed by atoms with Crippen molar-refractivity contribution in [1.29, 1.82) is 0 Å². The standard InChI is InChI=1S/C22H23N/c1-2-3-4-8-20(23)18-13-11-17-10-9-15-6-5-7-16-12-14-19(18)22(17)21(15)16/h5-7,9-14,20H,2-4,8,23H2,1H3/t20-/m1/s1. The first-order chi connectivity index (χ1) is 11.3. The molecule has 4 rings (SSSR count). The Hall–Kier alpha value is -2.12. The van der Waals surface area contributed by atoms with Crippen LogP contribution in [0.3, 0.4) is 0 Å². The Kier molecular flexibility index (Phi) is 3.66. The van der Waals surface area contributed by atoms with Gasteiger partial charge in [-0.25, -0.2) is 0 Å². The molecular weight excluding hydrogens is 278 g/mol. The van der Waals surface area contributed by atoms with Gasteiger partial charge in [0.15, 0.2) is 0 Å². The molecule has 1 nitrogen and oxygen atoms in total. The molecule has 1 atom stereocenters. The van der Waals surface area contributed by atoms with Gasteiger partial charge in [-0.05, 0) is 44.3 Å². The Balaban J connectivity index is 1.93. The Labute approximate surface area is 137 Å². The molecule has 0 fully saturated rings. The van der Waals surface area contributed by atoms with Crippen LogP contribution in [0.1, 0.15) is 44.2 Å². The summed E-state index contributed by atoms with van der Waals surface area (Å²) in [4.78, 5) is 0. The summed E-state index contributed by atoms with van der Waals surface area (Å²) in [6, 6.07) is 20.1. The van der Waals surface area contributed by atoms with Gasteiger partial charge in [-0.15, -0.1) is 0 Å². The Morgan fingerprint density at radius 3 is 2.17 bits per heavy atom. The Bertz CT molecular complexity index is 938. The fraction of sp³-hybridized carbons (Fsp3) is 0.273. The van der Waals surface area contributed by atoms with E-state index in [1.54, 1.807) is 0 Å². The summed E-state index contributed by atoms with van der Waals surface area (Å²) in [7, 11) is 0. The van der Waals surface area contributed by atoms with Crippen molar-refractivity contribution < 1.29 is 0 Å². The zero-order chi connectivity index (χ0) is 15.8. The van der Waals surface area contributed by atoms with Gasteiger partial charge in [0.05, 0.1) is 0 Å². The third-order valence-electron chi connectivity index (χ3n) is 5.08. The highest BCUT2D eigenvalue weighted by atomic mass is 14.6. The van der Waals surface area contributed by atoms with E-state index in [9.17, 15) is 0 Å². The van der Waals surface area contributed by atoms with E-state index in [0.717, 1.165) is 6.42 Å². The minimum absolute atomic E-state index is 0.131. The number of nitrogens with two attached hydrogens (primary N) is 1. The molecule has 0 aromatic heterocycles. The van der Waals surface area contributed by atoms with E-state index in [-0.39, 0.29) is 6.04 Å². The van der Waals surface area contributed by atoms with Crippen molar-refractivity contribution in [2.24, 2.45) is 5.73 Å². The first-order valence-corrected chi connectivity index (χ1v) is 8.71. The molecular formula is C22H23N. The highest BCUT2D eigenvalue weighted by Gasteiger charge is 2.14. The fourth-order valence-corrected chi connectivity index (χ4v) is 3.85. The number of rotatable bonds is 5. The third-order valence-corrected chi connectivity index (χ3v) is 5.08. The van der Waals surface area contributed by atoms with E-state index in [1.807, 2.05) is 0 Å². The second-order valence-corrected chi connectivity index (χ2v) is 6.61. The maximum absolute atomic E-state index is 6.53. The lowest BCUT2D eigenvalue weighted by molar-refractivity contribution is 0.584. The van der Waals surface area contributed by atoms with Crippen molar-refractivity contribution in [2.75, 3.05) is 0 Å². The van der Waals surface area contributed by atoms with Gasteiger partial charge in [-0.3, -0.25) is 0 Å². The average molecular weight is 301 g/mol. The fourth-order valence-electron chi connectivity index (χ4n) is 3.85. The molecule has 0 heterocycles. The highest BCUT2D eigenvalue weighted by Crippen LogP contribution is 2.37. The van der Waals surface area contributed by atoms with Crippen molar-refractivity contribution >= 4 is 32.3 Å². The molecule has 0 aliphatic carbocycles. The second-order valence-electron chi connectivity index (χ2n) is 6.61. The van der Waals surface area contributed by atoms with Gasteiger partial charge in [-0.2, -0.15) is 0 Å². The number of unbranched alkanes of at least 4 members (excludes halogenated alkanes) is 2. The Morgan fingerprint density at radius 1 is 0.783 bits per heavy atom. The van der Waals surface area contributed by atoms with Gasteiger partial charge in [-0.1, -0.05) is 80.8 Å². The minimum Gasteiger partial charge on any atom is -0.324 e. The molecule has 0 aliphatic heterocycles. The molecule has 0 aliphatic rings. The SMILES string of the molecule is CCCCC[C@@H](N)c1ccc2ccc3cccc4ccc1c2c34. The molecule has 0 amide bonds. The summed E-state index contributed by atoms with van der Waals surface area (Å²) in [5.41, 5.74) is 7.83. The van der Waals surface area contributed by atoms with Gasteiger partial charge in [0.2, 0.25) is 0 Å². The first-order valence-electron chi connectivity index (χ1n) is 8.71. The summed E-state index contributed by atoms with van der Waals surface area (Å²) in [5.74, 6) is 0. The van der Waals surface area contributed by atoms with Crippen LogP contribution in [0, 0.1) is 0 Å². The monoisotopic (exact) mass is 301 g/mol. The quantitative estimate of drug-likeness (QED) is 0.346. The molecule has 0 unspecified atom stereocenters. The minimum atomic E-state index is 0.131. The van der Waals surface area contributed by atoms with E-state index in [1.165, 1.54) is 57.1 Å². The van der Waals surface area contributed by atoms with Crippen LogP contribution in [0.25, 0.3) is 32.3 Å². The molecule has 4 aromatic carbocycles. The van der Waals surface area contributed by atoms with Crippen LogP contribution >= 0.6 is 0 Å². The maximum Gasteiger partial charge on any atom is 0.0301 e. The van der Waals surface area contributed by atoms with Crippen LogP contribution in [0.4, 0.5) is 0 Å². The smallest absolute Gasteiger partial charge is 0.0301 e. The zero-order valence-electron chi connectivity index (χ0n) is 13.7. The summed E-state index contributed by atoms with van der Waals surface area (Å²) >= 11 is 0.